The molecule has 0 radical (unpaired) electrons. The van der Waals surface area contributed by atoms with Crippen LogP contribution in [0.15, 0.2) is 60.2 Å². The van der Waals surface area contributed by atoms with Gasteiger partial charge in [0.05, 0.1) is 6.42 Å². The Morgan fingerprint density at radius 2 is 1.96 bits per heavy atom. The summed E-state index contributed by atoms with van der Waals surface area (Å²) >= 11 is 7.51. The molecule has 0 aliphatic rings. The first-order valence-corrected chi connectivity index (χ1v) is 8.45. The fraction of sp³-hybridized carbons (Fsp3) is 0.111. The molecule has 1 N–H and O–H groups in total. The first-order chi connectivity index (χ1) is 11.2. The van der Waals surface area contributed by atoms with Crippen LogP contribution >= 0.6 is 22.9 Å². The topological polar surface area (TPSA) is 42.0 Å². The molecule has 3 rings (SSSR count). The number of thiophene rings is 1. The van der Waals surface area contributed by atoms with Crippen molar-refractivity contribution >= 4 is 28.8 Å². The SMILES string of the molecule is O=C(Cc1ccc(Cl)cc1)NCc1cncc(-c2cccs2)c1. The molecule has 0 aliphatic carbocycles. The van der Waals surface area contributed by atoms with Gasteiger partial charge in [0.1, 0.15) is 0 Å². The molecular weight excluding hydrogens is 328 g/mol. The van der Waals surface area contributed by atoms with Crippen molar-refractivity contribution in [2.75, 3.05) is 0 Å². The summed E-state index contributed by atoms with van der Waals surface area (Å²) in [7, 11) is 0. The van der Waals surface area contributed by atoms with Crippen LogP contribution in [-0.2, 0) is 17.8 Å². The Bertz CT molecular complexity index is 785. The van der Waals surface area contributed by atoms with E-state index in [2.05, 4.69) is 22.4 Å². The number of hydrogen-bond donors (Lipinski definition) is 1. The lowest BCUT2D eigenvalue weighted by molar-refractivity contribution is -0.120. The number of hydrogen-bond acceptors (Lipinski definition) is 3. The number of nitrogens with zero attached hydrogens (tertiary/aromatic N) is 1. The predicted molar refractivity (Wildman–Crippen MR) is 94.6 cm³/mol. The first kappa shape index (κ1) is 15.7. The summed E-state index contributed by atoms with van der Waals surface area (Å²) in [4.78, 5) is 17.4. The van der Waals surface area contributed by atoms with Gasteiger partial charge in [-0.15, -0.1) is 11.3 Å². The molecule has 116 valence electrons. The highest BCUT2D eigenvalue weighted by atomic mass is 35.5. The largest absolute Gasteiger partial charge is 0.352 e. The van der Waals surface area contributed by atoms with Gasteiger partial charge in [0, 0.05) is 34.4 Å². The van der Waals surface area contributed by atoms with Crippen LogP contribution < -0.4 is 5.32 Å². The van der Waals surface area contributed by atoms with E-state index in [1.165, 1.54) is 4.88 Å². The Kier molecular flexibility index (Phi) is 5.05. The molecule has 0 aliphatic heterocycles. The summed E-state index contributed by atoms with van der Waals surface area (Å²) in [5.74, 6) is -0.0196. The lowest BCUT2D eigenvalue weighted by atomic mass is 10.1. The minimum Gasteiger partial charge on any atom is -0.352 e. The van der Waals surface area contributed by atoms with E-state index in [0.29, 0.717) is 18.0 Å². The molecule has 0 atom stereocenters. The second kappa shape index (κ2) is 7.40. The maximum Gasteiger partial charge on any atom is 0.224 e. The molecule has 3 aromatic rings. The highest BCUT2D eigenvalue weighted by Crippen LogP contribution is 2.24. The number of pyridine rings is 1. The van der Waals surface area contributed by atoms with Crippen LogP contribution in [0.3, 0.4) is 0 Å². The maximum atomic E-state index is 12.0. The second-order valence-electron chi connectivity index (χ2n) is 5.14. The van der Waals surface area contributed by atoms with E-state index in [-0.39, 0.29) is 5.91 Å². The van der Waals surface area contributed by atoms with Crippen molar-refractivity contribution in [1.82, 2.24) is 10.3 Å². The number of nitrogens with one attached hydrogen (secondary N) is 1. The number of carbonyl (C=O) groups is 1. The normalized spacial score (nSPS) is 10.5. The van der Waals surface area contributed by atoms with Crippen molar-refractivity contribution in [3.63, 3.8) is 0 Å². The minimum atomic E-state index is -0.0196. The second-order valence-corrected chi connectivity index (χ2v) is 6.52. The number of amides is 1. The zero-order valence-corrected chi connectivity index (χ0v) is 13.9. The molecule has 0 bridgehead atoms. The highest BCUT2D eigenvalue weighted by Gasteiger charge is 2.05. The Hall–Kier alpha value is -2.17. The van der Waals surface area contributed by atoms with E-state index >= 15 is 0 Å². The van der Waals surface area contributed by atoms with Crippen molar-refractivity contribution < 1.29 is 4.79 Å². The molecule has 0 fully saturated rings. The predicted octanol–water partition coefficient (Wildman–Crippen LogP) is 4.32. The first-order valence-electron chi connectivity index (χ1n) is 7.19. The number of benzene rings is 1. The van der Waals surface area contributed by atoms with E-state index in [1.54, 1.807) is 29.7 Å². The molecule has 0 saturated heterocycles. The third kappa shape index (κ3) is 4.41. The van der Waals surface area contributed by atoms with Crippen molar-refractivity contribution in [2.45, 2.75) is 13.0 Å². The molecule has 23 heavy (non-hydrogen) atoms. The molecule has 0 unspecified atom stereocenters. The Balaban J connectivity index is 1.58. The molecule has 1 aromatic carbocycles. The molecule has 2 heterocycles. The van der Waals surface area contributed by atoms with Gasteiger partial charge in [-0.05, 0) is 40.8 Å². The Labute approximate surface area is 144 Å². The van der Waals surface area contributed by atoms with Crippen molar-refractivity contribution in [2.24, 2.45) is 0 Å². The van der Waals surface area contributed by atoms with Crippen LogP contribution in [0.2, 0.25) is 5.02 Å². The van der Waals surface area contributed by atoms with Gasteiger partial charge in [-0.2, -0.15) is 0 Å². The van der Waals surface area contributed by atoms with Crippen LogP contribution in [-0.4, -0.2) is 10.9 Å². The van der Waals surface area contributed by atoms with E-state index in [0.717, 1.165) is 16.7 Å². The quantitative estimate of drug-likeness (QED) is 0.750. The lowest BCUT2D eigenvalue weighted by Crippen LogP contribution is -2.24. The van der Waals surface area contributed by atoms with Crippen LogP contribution in [0.25, 0.3) is 10.4 Å². The Morgan fingerprint density at radius 1 is 1.13 bits per heavy atom. The molecule has 3 nitrogen and oxygen atoms in total. The smallest absolute Gasteiger partial charge is 0.224 e. The molecule has 0 spiro atoms. The fourth-order valence-electron chi connectivity index (χ4n) is 2.21. The molecule has 5 heteroatoms. The zero-order chi connectivity index (χ0) is 16.1. The van der Waals surface area contributed by atoms with Crippen LogP contribution in [0.1, 0.15) is 11.1 Å². The maximum absolute atomic E-state index is 12.0. The fourth-order valence-corrected chi connectivity index (χ4v) is 3.05. The van der Waals surface area contributed by atoms with E-state index in [9.17, 15) is 4.79 Å². The average molecular weight is 343 g/mol. The molecular formula is C18H15ClN2OS. The van der Waals surface area contributed by atoms with Gasteiger partial charge < -0.3 is 5.32 Å². The highest BCUT2D eigenvalue weighted by molar-refractivity contribution is 7.13. The van der Waals surface area contributed by atoms with E-state index in [4.69, 9.17) is 11.6 Å². The van der Waals surface area contributed by atoms with Crippen molar-refractivity contribution in [3.8, 4) is 10.4 Å². The van der Waals surface area contributed by atoms with Gasteiger partial charge >= 0.3 is 0 Å². The van der Waals surface area contributed by atoms with Crippen molar-refractivity contribution in [1.29, 1.82) is 0 Å². The van der Waals surface area contributed by atoms with Crippen LogP contribution in [0.5, 0.6) is 0 Å². The lowest BCUT2D eigenvalue weighted by Gasteiger charge is -2.07. The number of rotatable bonds is 5. The van der Waals surface area contributed by atoms with E-state index < -0.39 is 0 Å². The molecule has 2 aromatic heterocycles. The van der Waals surface area contributed by atoms with Gasteiger partial charge in [0.25, 0.3) is 0 Å². The monoisotopic (exact) mass is 342 g/mol. The van der Waals surface area contributed by atoms with Crippen LogP contribution in [0.4, 0.5) is 0 Å². The minimum absolute atomic E-state index is 0.0196. The van der Waals surface area contributed by atoms with Crippen molar-refractivity contribution in [3.05, 3.63) is 76.4 Å². The third-order valence-corrected chi connectivity index (χ3v) is 4.54. The summed E-state index contributed by atoms with van der Waals surface area (Å²) in [5, 5.41) is 5.64. The van der Waals surface area contributed by atoms with Gasteiger partial charge in [-0.3, -0.25) is 9.78 Å². The van der Waals surface area contributed by atoms with Gasteiger partial charge in [-0.1, -0.05) is 29.8 Å². The number of carbonyl (C=O) groups excluding carboxylic acids is 1. The number of halogens is 1. The summed E-state index contributed by atoms with van der Waals surface area (Å²) in [6.45, 7) is 0.471. The average Bonchev–Trinajstić information content (AvgIpc) is 3.10. The molecule has 1 amide bonds. The van der Waals surface area contributed by atoms with Crippen LogP contribution in [0, 0.1) is 0 Å². The number of aromatic nitrogens is 1. The van der Waals surface area contributed by atoms with Gasteiger partial charge in [0.15, 0.2) is 0 Å². The Morgan fingerprint density at radius 3 is 2.70 bits per heavy atom. The third-order valence-electron chi connectivity index (χ3n) is 3.37. The summed E-state index contributed by atoms with van der Waals surface area (Å²) < 4.78 is 0. The van der Waals surface area contributed by atoms with Gasteiger partial charge in [-0.25, -0.2) is 0 Å². The zero-order valence-electron chi connectivity index (χ0n) is 12.3. The summed E-state index contributed by atoms with van der Waals surface area (Å²) in [6.07, 6.45) is 3.96. The standard InChI is InChI=1S/C18H15ClN2OS/c19-16-5-3-13(4-6-16)9-18(22)21-11-14-8-15(12-20-10-14)17-2-1-7-23-17/h1-8,10,12H,9,11H2,(H,21,22). The molecule has 0 saturated carbocycles. The summed E-state index contributed by atoms with van der Waals surface area (Å²) in [6, 6.07) is 13.4. The van der Waals surface area contributed by atoms with E-state index in [1.807, 2.05) is 29.8 Å². The summed E-state index contributed by atoms with van der Waals surface area (Å²) in [5.41, 5.74) is 3.00. The van der Waals surface area contributed by atoms with Gasteiger partial charge in [0.2, 0.25) is 5.91 Å².